The van der Waals surface area contributed by atoms with Gasteiger partial charge in [-0.1, -0.05) is 6.92 Å². The third kappa shape index (κ3) is 2.85. The quantitative estimate of drug-likeness (QED) is 0.837. The van der Waals surface area contributed by atoms with Gasteiger partial charge in [0.15, 0.2) is 9.84 Å². The lowest BCUT2D eigenvalue weighted by Gasteiger charge is -2.06. The van der Waals surface area contributed by atoms with E-state index in [-0.39, 0.29) is 23.7 Å². The molecule has 0 atom stereocenters. The van der Waals surface area contributed by atoms with Gasteiger partial charge in [-0.05, 0) is 18.6 Å². The Morgan fingerprint density at radius 1 is 1.50 bits per heavy atom. The molecule has 0 unspecified atom stereocenters. The second kappa shape index (κ2) is 4.69. The van der Waals surface area contributed by atoms with E-state index in [9.17, 15) is 13.2 Å². The van der Waals surface area contributed by atoms with Crippen LogP contribution in [0.5, 0.6) is 0 Å². The maximum atomic E-state index is 11.3. The average Bonchev–Trinajstić information content (AvgIpc) is 2.57. The fourth-order valence-corrected chi connectivity index (χ4v) is 2.20. The predicted octanol–water partition coefficient (Wildman–Crippen LogP) is 0.929. The summed E-state index contributed by atoms with van der Waals surface area (Å²) in [6, 6.07) is 1.67. The van der Waals surface area contributed by atoms with Crippen LogP contribution < -0.4 is 0 Å². The summed E-state index contributed by atoms with van der Waals surface area (Å²) in [5.41, 5.74) is 0.799. The maximum Gasteiger partial charge on any atom is 0.352 e. The van der Waals surface area contributed by atoms with Crippen molar-refractivity contribution in [2.45, 2.75) is 20.4 Å². The molecule has 0 saturated carbocycles. The smallest absolute Gasteiger partial charge is 0.352 e. The summed E-state index contributed by atoms with van der Waals surface area (Å²) in [4.78, 5) is 10.9. The van der Waals surface area contributed by atoms with E-state index >= 15 is 0 Å². The SMILES string of the molecule is CCS(=O)(=O)CCn1ccc(C)c1C(=O)O. The van der Waals surface area contributed by atoms with Crippen LogP contribution in [-0.2, 0) is 16.4 Å². The van der Waals surface area contributed by atoms with Gasteiger partial charge < -0.3 is 9.67 Å². The number of aryl methyl sites for hydroxylation is 2. The molecule has 0 aliphatic carbocycles. The van der Waals surface area contributed by atoms with Crippen LogP contribution in [0.3, 0.4) is 0 Å². The lowest BCUT2D eigenvalue weighted by Crippen LogP contribution is -2.17. The van der Waals surface area contributed by atoms with E-state index in [0.29, 0.717) is 5.56 Å². The molecule has 0 radical (unpaired) electrons. The largest absolute Gasteiger partial charge is 0.477 e. The lowest BCUT2D eigenvalue weighted by atomic mass is 10.3. The minimum Gasteiger partial charge on any atom is -0.477 e. The molecular formula is C10H15NO4S. The third-order valence-electron chi connectivity index (χ3n) is 2.45. The monoisotopic (exact) mass is 245 g/mol. The number of hydrogen-bond acceptors (Lipinski definition) is 3. The Morgan fingerprint density at radius 3 is 2.62 bits per heavy atom. The highest BCUT2D eigenvalue weighted by Crippen LogP contribution is 2.10. The van der Waals surface area contributed by atoms with Gasteiger partial charge in [-0.15, -0.1) is 0 Å². The van der Waals surface area contributed by atoms with Crippen molar-refractivity contribution >= 4 is 15.8 Å². The summed E-state index contributed by atoms with van der Waals surface area (Å²) >= 11 is 0. The van der Waals surface area contributed by atoms with Crippen LogP contribution in [0.2, 0.25) is 0 Å². The Kier molecular flexibility index (Phi) is 3.74. The average molecular weight is 245 g/mol. The molecule has 1 N–H and O–H groups in total. The van der Waals surface area contributed by atoms with Crippen molar-refractivity contribution in [3.05, 3.63) is 23.5 Å². The van der Waals surface area contributed by atoms with Crippen LogP contribution in [0.1, 0.15) is 23.0 Å². The molecule has 0 aromatic carbocycles. The normalized spacial score (nSPS) is 11.6. The molecule has 1 aromatic rings. The molecule has 0 aliphatic rings. The first-order valence-electron chi connectivity index (χ1n) is 4.97. The highest BCUT2D eigenvalue weighted by molar-refractivity contribution is 7.91. The van der Waals surface area contributed by atoms with Crippen LogP contribution in [-0.4, -0.2) is 35.6 Å². The number of nitrogens with zero attached hydrogens (tertiary/aromatic N) is 1. The Balaban J connectivity index is 2.87. The van der Waals surface area contributed by atoms with E-state index in [1.807, 2.05) is 0 Å². The molecule has 6 heteroatoms. The van der Waals surface area contributed by atoms with Crippen molar-refractivity contribution in [2.75, 3.05) is 11.5 Å². The molecule has 90 valence electrons. The number of sulfone groups is 1. The number of aromatic nitrogens is 1. The van der Waals surface area contributed by atoms with Crippen LogP contribution in [0.15, 0.2) is 12.3 Å². The lowest BCUT2D eigenvalue weighted by molar-refractivity contribution is 0.0684. The highest BCUT2D eigenvalue weighted by Gasteiger charge is 2.15. The standard InChI is InChI=1S/C10H15NO4S/c1-3-16(14,15)7-6-11-5-4-8(2)9(11)10(12)13/h4-5H,3,6-7H2,1-2H3,(H,12,13). The Morgan fingerprint density at radius 2 is 2.12 bits per heavy atom. The molecule has 0 spiro atoms. The van der Waals surface area contributed by atoms with Gasteiger partial charge in [0, 0.05) is 18.5 Å². The predicted molar refractivity (Wildman–Crippen MR) is 60.5 cm³/mol. The van der Waals surface area contributed by atoms with E-state index in [4.69, 9.17) is 5.11 Å². The summed E-state index contributed by atoms with van der Waals surface area (Å²) in [5, 5.41) is 8.95. The molecule has 0 saturated heterocycles. The van der Waals surface area contributed by atoms with Crippen molar-refractivity contribution < 1.29 is 18.3 Å². The van der Waals surface area contributed by atoms with Gasteiger partial charge in [0.2, 0.25) is 0 Å². The Labute approximate surface area is 94.6 Å². The number of rotatable bonds is 5. The van der Waals surface area contributed by atoms with Crippen molar-refractivity contribution in [1.82, 2.24) is 4.57 Å². The second-order valence-corrected chi connectivity index (χ2v) is 6.06. The van der Waals surface area contributed by atoms with E-state index in [0.717, 1.165) is 0 Å². The number of carbonyl (C=O) groups is 1. The first-order valence-corrected chi connectivity index (χ1v) is 6.79. The molecule has 5 nitrogen and oxygen atoms in total. The summed E-state index contributed by atoms with van der Waals surface area (Å²) in [5.74, 6) is -0.982. The molecule has 1 heterocycles. The maximum absolute atomic E-state index is 11.3. The van der Waals surface area contributed by atoms with Crippen molar-refractivity contribution in [3.8, 4) is 0 Å². The zero-order valence-corrected chi connectivity index (χ0v) is 10.1. The number of carboxylic acids is 1. The van der Waals surface area contributed by atoms with Crippen LogP contribution in [0.4, 0.5) is 0 Å². The van der Waals surface area contributed by atoms with E-state index in [2.05, 4.69) is 0 Å². The Bertz CT molecular complexity index is 487. The minimum atomic E-state index is -3.06. The van der Waals surface area contributed by atoms with Crippen LogP contribution >= 0.6 is 0 Å². The molecular weight excluding hydrogens is 230 g/mol. The summed E-state index contributed by atoms with van der Waals surface area (Å²) < 4.78 is 24.1. The van der Waals surface area contributed by atoms with Crippen molar-refractivity contribution in [1.29, 1.82) is 0 Å². The van der Waals surface area contributed by atoms with E-state index < -0.39 is 15.8 Å². The minimum absolute atomic E-state index is 0.0299. The van der Waals surface area contributed by atoms with Gasteiger partial charge in [-0.25, -0.2) is 13.2 Å². The zero-order chi connectivity index (χ0) is 12.3. The van der Waals surface area contributed by atoms with Gasteiger partial charge >= 0.3 is 5.97 Å². The van der Waals surface area contributed by atoms with Gasteiger partial charge in [-0.2, -0.15) is 0 Å². The second-order valence-electron chi connectivity index (χ2n) is 3.58. The molecule has 16 heavy (non-hydrogen) atoms. The molecule has 1 aromatic heterocycles. The highest BCUT2D eigenvalue weighted by atomic mass is 32.2. The number of aromatic carboxylic acids is 1. The fourth-order valence-electron chi connectivity index (χ4n) is 1.44. The Hall–Kier alpha value is -1.30. The number of hydrogen-bond donors (Lipinski definition) is 1. The molecule has 0 fully saturated rings. The first-order chi connectivity index (χ1) is 7.37. The van der Waals surface area contributed by atoms with Crippen molar-refractivity contribution in [3.63, 3.8) is 0 Å². The topological polar surface area (TPSA) is 76.4 Å². The summed E-state index contributed by atoms with van der Waals surface area (Å²) in [6.45, 7) is 3.45. The first kappa shape index (κ1) is 12.8. The van der Waals surface area contributed by atoms with Crippen LogP contribution in [0.25, 0.3) is 0 Å². The van der Waals surface area contributed by atoms with Crippen LogP contribution in [0, 0.1) is 6.92 Å². The molecule has 1 rings (SSSR count). The molecule has 0 aliphatic heterocycles. The third-order valence-corrected chi connectivity index (χ3v) is 4.14. The van der Waals surface area contributed by atoms with E-state index in [1.165, 1.54) is 4.57 Å². The van der Waals surface area contributed by atoms with Crippen molar-refractivity contribution in [2.24, 2.45) is 0 Å². The van der Waals surface area contributed by atoms with E-state index in [1.54, 1.807) is 26.1 Å². The zero-order valence-electron chi connectivity index (χ0n) is 9.30. The van der Waals surface area contributed by atoms with Gasteiger partial charge in [-0.3, -0.25) is 0 Å². The van der Waals surface area contributed by atoms with Gasteiger partial charge in [0.1, 0.15) is 5.69 Å². The number of carboxylic acid groups (broad SMARTS) is 1. The fraction of sp³-hybridized carbons (Fsp3) is 0.500. The van der Waals surface area contributed by atoms with Gasteiger partial charge in [0.05, 0.1) is 5.75 Å². The molecule has 0 bridgehead atoms. The summed E-state index contributed by atoms with van der Waals surface area (Å²) in [6.07, 6.45) is 1.60. The molecule has 0 amide bonds. The summed E-state index contributed by atoms with van der Waals surface area (Å²) in [7, 11) is -3.06. The van der Waals surface area contributed by atoms with Gasteiger partial charge in [0.25, 0.3) is 0 Å².